The third-order valence-corrected chi connectivity index (χ3v) is 4.26. The summed E-state index contributed by atoms with van der Waals surface area (Å²) in [5, 5.41) is 14.0. The maximum absolute atomic E-state index is 12.1. The van der Waals surface area contributed by atoms with Crippen LogP contribution in [0.4, 0.5) is 11.4 Å². The van der Waals surface area contributed by atoms with Gasteiger partial charge < -0.3 is 14.8 Å². The van der Waals surface area contributed by atoms with Crippen molar-refractivity contribution < 1.29 is 24.0 Å². The van der Waals surface area contributed by atoms with Crippen LogP contribution in [0.2, 0.25) is 5.02 Å². The van der Waals surface area contributed by atoms with Crippen LogP contribution in [0.25, 0.3) is 0 Å². The van der Waals surface area contributed by atoms with Crippen molar-refractivity contribution in [1.29, 1.82) is 0 Å². The molecule has 0 saturated heterocycles. The molecule has 2 aromatic rings. The number of nitrogens with zero attached hydrogens (tertiary/aromatic N) is 1. The Hall–Kier alpha value is -3.13. The number of nitro groups is 1. The Morgan fingerprint density at radius 1 is 1.18 bits per heavy atom. The SMILES string of the molecule is COc1ccc(Cl)cc1CC(=O)OCC(=O)Nc1cc(C)c(C)cc1[N+](=O)[O-]. The molecular weight excluding hydrogens is 388 g/mol. The van der Waals surface area contributed by atoms with Crippen LogP contribution in [0.1, 0.15) is 16.7 Å². The zero-order valence-electron chi connectivity index (χ0n) is 15.6. The number of nitro benzene ring substituents is 1. The van der Waals surface area contributed by atoms with E-state index in [0.29, 0.717) is 16.3 Å². The molecule has 0 unspecified atom stereocenters. The Bertz CT molecular complexity index is 929. The quantitative estimate of drug-likeness (QED) is 0.427. The molecule has 8 nitrogen and oxygen atoms in total. The lowest BCUT2D eigenvalue weighted by Gasteiger charge is -2.10. The second kappa shape index (κ2) is 9.18. The summed E-state index contributed by atoms with van der Waals surface area (Å²) < 4.78 is 10.1. The molecule has 9 heteroatoms. The lowest BCUT2D eigenvalue weighted by atomic mass is 10.1. The van der Waals surface area contributed by atoms with Crippen LogP contribution >= 0.6 is 11.6 Å². The minimum atomic E-state index is -0.683. The number of carbonyl (C=O) groups excluding carboxylic acids is 2. The molecule has 148 valence electrons. The average molecular weight is 407 g/mol. The van der Waals surface area contributed by atoms with Crippen molar-refractivity contribution in [2.75, 3.05) is 19.0 Å². The molecule has 0 saturated carbocycles. The van der Waals surface area contributed by atoms with Gasteiger partial charge in [-0.15, -0.1) is 0 Å². The third kappa shape index (κ3) is 5.43. The Morgan fingerprint density at radius 2 is 1.86 bits per heavy atom. The maximum atomic E-state index is 12.1. The van der Waals surface area contributed by atoms with Crippen LogP contribution in [0.15, 0.2) is 30.3 Å². The normalized spacial score (nSPS) is 10.3. The number of esters is 1. The Balaban J connectivity index is 2.00. The molecule has 0 aromatic heterocycles. The summed E-state index contributed by atoms with van der Waals surface area (Å²) in [5.41, 5.74) is 1.85. The van der Waals surface area contributed by atoms with Crippen LogP contribution in [0.5, 0.6) is 5.75 Å². The number of hydrogen-bond acceptors (Lipinski definition) is 6. The fourth-order valence-electron chi connectivity index (χ4n) is 2.48. The Labute approximate surface area is 166 Å². The maximum Gasteiger partial charge on any atom is 0.310 e. The topological polar surface area (TPSA) is 108 Å². The van der Waals surface area contributed by atoms with Crippen LogP contribution in [0, 0.1) is 24.0 Å². The van der Waals surface area contributed by atoms with E-state index >= 15 is 0 Å². The minimum absolute atomic E-state index is 0.0469. The van der Waals surface area contributed by atoms with Gasteiger partial charge in [0.25, 0.3) is 11.6 Å². The fraction of sp³-hybridized carbons (Fsp3) is 0.263. The molecule has 1 N–H and O–H groups in total. The molecule has 0 aliphatic heterocycles. The average Bonchev–Trinajstić information content (AvgIpc) is 2.63. The van der Waals surface area contributed by atoms with Crippen LogP contribution in [-0.2, 0) is 20.7 Å². The van der Waals surface area contributed by atoms with E-state index in [1.54, 1.807) is 32.0 Å². The van der Waals surface area contributed by atoms with Gasteiger partial charge in [0, 0.05) is 16.7 Å². The summed E-state index contributed by atoms with van der Waals surface area (Å²) in [6.07, 6.45) is -0.138. The van der Waals surface area contributed by atoms with E-state index in [1.807, 2.05) is 0 Å². The lowest BCUT2D eigenvalue weighted by molar-refractivity contribution is -0.384. The number of amides is 1. The van der Waals surface area contributed by atoms with E-state index < -0.39 is 23.4 Å². The highest BCUT2D eigenvalue weighted by Crippen LogP contribution is 2.28. The lowest BCUT2D eigenvalue weighted by Crippen LogP contribution is -2.22. The van der Waals surface area contributed by atoms with Crippen molar-refractivity contribution >= 4 is 34.9 Å². The molecule has 2 rings (SSSR count). The van der Waals surface area contributed by atoms with Gasteiger partial charge in [0.05, 0.1) is 18.5 Å². The van der Waals surface area contributed by atoms with Crippen molar-refractivity contribution in [2.24, 2.45) is 0 Å². The van der Waals surface area contributed by atoms with Crippen molar-refractivity contribution in [3.05, 3.63) is 62.2 Å². The Kier molecular flexibility index (Phi) is 6.94. The first-order chi connectivity index (χ1) is 13.2. The molecule has 0 spiro atoms. The molecule has 0 bridgehead atoms. The molecule has 0 radical (unpaired) electrons. The molecule has 0 fully saturated rings. The van der Waals surface area contributed by atoms with Crippen molar-refractivity contribution in [1.82, 2.24) is 0 Å². The second-order valence-electron chi connectivity index (χ2n) is 6.05. The van der Waals surface area contributed by atoms with Gasteiger partial charge in [0.1, 0.15) is 11.4 Å². The van der Waals surface area contributed by atoms with Crippen molar-refractivity contribution in [3.8, 4) is 5.75 Å². The van der Waals surface area contributed by atoms with E-state index in [9.17, 15) is 19.7 Å². The third-order valence-electron chi connectivity index (χ3n) is 4.02. The molecule has 0 aliphatic carbocycles. The number of methoxy groups -OCH3 is 1. The number of halogens is 1. The molecule has 1 amide bonds. The van der Waals surface area contributed by atoms with Gasteiger partial charge in [-0.2, -0.15) is 0 Å². The van der Waals surface area contributed by atoms with E-state index in [0.717, 1.165) is 11.1 Å². The zero-order valence-corrected chi connectivity index (χ0v) is 16.3. The number of benzene rings is 2. The van der Waals surface area contributed by atoms with Crippen LogP contribution in [-0.4, -0.2) is 30.5 Å². The number of hydrogen-bond donors (Lipinski definition) is 1. The van der Waals surface area contributed by atoms with E-state index in [2.05, 4.69) is 5.32 Å². The van der Waals surface area contributed by atoms with Gasteiger partial charge >= 0.3 is 5.97 Å². The molecule has 0 atom stereocenters. The summed E-state index contributed by atoms with van der Waals surface area (Å²) in [5.74, 6) is -0.875. The molecule has 2 aromatic carbocycles. The monoisotopic (exact) mass is 406 g/mol. The van der Waals surface area contributed by atoms with Gasteiger partial charge in [0.15, 0.2) is 6.61 Å². The fourth-order valence-corrected chi connectivity index (χ4v) is 2.67. The molecule has 0 aliphatic rings. The summed E-state index contributed by atoms with van der Waals surface area (Å²) in [6.45, 7) is 2.93. The number of carbonyl (C=O) groups is 2. The smallest absolute Gasteiger partial charge is 0.310 e. The standard InChI is InChI=1S/C19H19ClN2O6/c1-11-6-15(16(22(25)26)7-12(11)2)21-18(23)10-28-19(24)9-13-8-14(20)4-5-17(13)27-3/h4-8H,9-10H2,1-3H3,(H,21,23). The van der Waals surface area contributed by atoms with Crippen molar-refractivity contribution in [3.63, 3.8) is 0 Å². The van der Waals surface area contributed by atoms with Gasteiger partial charge in [-0.3, -0.25) is 19.7 Å². The number of anilines is 1. The molecule has 28 heavy (non-hydrogen) atoms. The van der Waals surface area contributed by atoms with Crippen LogP contribution < -0.4 is 10.1 Å². The molecule has 0 heterocycles. The highest BCUT2D eigenvalue weighted by molar-refractivity contribution is 6.30. The van der Waals surface area contributed by atoms with Gasteiger partial charge in [-0.05, 0) is 49.2 Å². The van der Waals surface area contributed by atoms with E-state index in [1.165, 1.54) is 19.2 Å². The first-order valence-electron chi connectivity index (χ1n) is 8.24. The largest absolute Gasteiger partial charge is 0.496 e. The second-order valence-corrected chi connectivity index (χ2v) is 6.49. The molecular formula is C19H19ClN2O6. The number of rotatable bonds is 7. The Morgan fingerprint density at radius 3 is 2.50 bits per heavy atom. The predicted octanol–water partition coefficient (Wildman–Crippen LogP) is 3.60. The van der Waals surface area contributed by atoms with Gasteiger partial charge in [-0.25, -0.2) is 0 Å². The first-order valence-corrected chi connectivity index (χ1v) is 8.62. The summed E-state index contributed by atoms with van der Waals surface area (Å²) in [7, 11) is 1.46. The highest BCUT2D eigenvalue weighted by Gasteiger charge is 2.19. The summed E-state index contributed by atoms with van der Waals surface area (Å²) in [6, 6.07) is 7.70. The van der Waals surface area contributed by atoms with E-state index in [-0.39, 0.29) is 17.8 Å². The van der Waals surface area contributed by atoms with Gasteiger partial charge in [-0.1, -0.05) is 11.6 Å². The summed E-state index contributed by atoms with van der Waals surface area (Å²) in [4.78, 5) is 34.7. The first kappa shape index (κ1) is 21.2. The van der Waals surface area contributed by atoms with Crippen LogP contribution in [0.3, 0.4) is 0 Å². The van der Waals surface area contributed by atoms with Gasteiger partial charge in [0.2, 0.25) is 0 Å². The van der Waals surface area contributed by atoms with E-state index in [4.69, 9.17) is 21.1 Å². The van der Waals surface area contributed by atoms with Crippen molar-refractivity contribution in [2.45, 2.75) is 20.3 Å². The number of aryl methyl sites for hydroxylation is 2. The number of ether oxygens (including phenoxy) is 2. The minimum Gasteiger partial charge on any atom is -0.496 e. The summed E-state index contributed by atoms with van der Waals surface area (Å²) >= 11 is 5.91. The highest BCUT2D eigenvalue weighted by atomic mass is 35.5. The predicted molar refractivity (Wildman–Crippen MR) is 104 cm³/mol. The number of nitrogens with one attached hydrogen (secondary N) is 1. The zero-order chi connectivity index (χ0) is 20.8.